The summed E-state index contributed by atoms with van der Waals surface area (Å²) < 4.78 is 10.6. The first kappa shape index (κ1) is 18.3. The summed E-state index contributed by atoms with van der Waals surface area (Å²) in [6, 6.07) is 5.03. The van der Waals surface area contributed by atoms with E-state index in [2.05, 4.69) is 12.2 Å². The van der Waals surface area contributed by atoms with Gasteiger partial charge in [-0.25, -0.2) is 0 Å². The van der Waals surface area contributed by atoms with Crippen molar-refractivity contribution < 1.29 is 19.1 Å². The molecule has 1 spiro atoms. The second-order valence-electron chi connectivity index (χ2n) is 7.17. The highest BCUT2D eigenvalue weighted by atomic mass is 16.5. The second kappa shape index (κ2) is 7.81. The van der Waals surface area contributed by atoms with Crippen LogP contribution in [0, 0.1) is 5.41 Å². The highest BCUT2D eigenvalue weighted by Crippen LogP contribution is 2.41. The van der Waals surface area contributed by atoms with Crippen molar-refractivity contribution in [2.75, 3.05) is 26.8 Å². The topological polar surface area (TPSA) is 81.9 Å². The zero-order valence-corrected chi connectivity index (χ0v) is 15.2. The third kappa shape index (κ3) is 4.00. The molecule has 1 heterocycles. The van der Waals surface area contributed by atoms with Crippen LogP contribution in [0.5, 0.6) is 11.5 Å². The lowest BCUT2D eigenvalue weighted by Crippen LogP contribution is -2.46. The standard InChI is InChI=1S/C20H26N2O4/c1-25-17-12-15(6-7-16(17)26-13-18(21)23)19(24)22-11-5-10-20(14-22)8-3-2-4-9-20/h2-3,6-7,12H,4-5,8-11,13-14H2,1H3,(H2,21,23). The number of carbonyl (C=O) groups is 2. The van der Waals surface area contributed by atoms with Gasteiger partial charge in [-0.2, -0.15) is 0 Å². The van der Waals surface area contributed by atoms with Gasteiger partial charge in [-0.1, -0.05) is 12.2 Å². The minimum atomic E-state index is -0.563. The van der Waals surface area contributed by atoms with Crippen LogP contribution >= 0.6 is 0 Å². The molecule has 0 aromatic heterocycles. The van der Waals surface area contributed by atoms with Crippen molar-refractivity contribution in [3.63, 3.8) is 0 Å². The zero-order valence-electron chi connectivity index (χ0n) is 15.2. The monoisotopic (exact) mass is 358 g/mol. The summed E-state index contributed by atoms with van der Waals surface area (Å²) in [4.78, 5) is 25.9. The van der Waals surface area contributed by atoms with Gasteiger partial charge in [-0.15, -0.1) is 0 Å². The Morgan fingerprint density at radius 3 is 2.77 bits per heavy atom. The summed E-state index contributed by atoms with van der Waals surface area (Å²) in [6.07, 6.45) is 10.0. The van der Waals surface area contributed by atoms with Gasteiger partial charge in [0.25, 0.3) is 11.8 Å². The molecule has 6 heteroatoms. The van der Waals surface area contributed by atoms with Crippen LogP contribution < -0.4 is 15.2 Å². The predicted octanol–water partition coefficient (Wildman–Crippen LogP) is 2.52. The van der Waals surface area contributed by atoms with Crippen LogP contribution in [0.2, 0.25) is 0 Å². The van der Waals surface area contributed by atoms with Gasteiger partial charge < -0.3 is 20.1 Å². The first-order valence-corrected chi connectivity index (χ1v) is 9.06. The molecule has 2 N–H and O–H groups in total. The Labute approximate surface area is 153 Å². The van der Waals surface area contributed by atoms with Gasteiger partial charge in [0.2, 0.25) is 0 Å². The van der Waals surface area contributed by atoms with E-state index in [9.17, 15) is 9.59 Å². The zero-order chi connectivity index (χ0) is 18.6. The molecular formula is C20H26N2O4. The first-order valence-electron chi connectivity index (χ1n) is 9.06. The number of allylic oxidation sites excluding steroid dienone is 2. The highest BCUT2D eigenvalue weighted by Gasteiger charge is 2.37. The maximum absolute atomic E-state index is 13.0. The number of benzene rings is 1. The van der Waals surface area contributed by atoms with Gasteiger partial charge in [0.1, 0.15) is 0 Å². The van der Waals surface area contributed by atoms with Crippen molar-refractivity contribution in [2.45, 2.75) is 32.1 Å². The van der Waals surface area contributed by atoms with Crippen LogP contribution in [0.25, 0.3) is 0 Å². The molecule has 140 valence electrons. The number of methoxy groups -OCH3 is 1. The Hall–Kier alpha value is -2.50. The number of piperidine rings is 1. The van der Waals surface area contributed by atoms with E-state index in [0.29, 0.717) is 17.1 Å². The number of primary amides is 1. The van der Waals surface area contributed by atoms with Crippen LogP contribution in [0.15, 0.2) is 30.4 Å². The van der Waals surface area contributed by atoms with Crippen molar-refractivity contribution in [2.24, 2.45) is 11.1 Å². The average molecular weight is 358 g/mol. The Morgan fingerprint density at radius 1 is 1.23 bits per heavy atom. The van der Waals surface area contributed by atoms with Crippen LogP contribution in [0.4, 0.5) is 0 Å². The van der Waals surface area contributed by atoms with Gasteiger partial charge >= 0.3 is 0 Å². The number of nitrogens with two attached hydrogens (primary N) is 1. The van der Waals surface area contributed by atoms with Crippen LogP contribution in [0.3, 0.4) is 0 Å². The molecule has 1 atom stereocenters. The van der Waals surface area contributed by atoms with E-state index in [0.717, 1.165) is 38.8 Å². The van der Waals surface area contributed by atoms with Crippen molar-refractivity contribution in [1.82, 2.24) is 4.90 Å². The Bertz CT molecular complexity index is 716. The Morgan fingerprint density at radius 2 is 2.08 bits per heavy atom. The van der Waals surface area contributed by atoms with Crippen LogP contribution in [-0.2, 0) is 4.79 Å². The molecule has 0 saturated carbocycles. The summed E-state index contributed by atoms with van der Waals surface area (Å²) in [6.45, 7) is 1.36. The molecule has 6 nitrogen and oxygen atoms in total. The fourth-order valence-corrected chi connectivity index (χ4v) is 3.95. The summed E-state index contributed by atoms with van der Waals surface area (Å²) in [5.74, 6) is 0.269. The highest BCUT2D eigenvalue weighted by molar-refractivity contribution is 5.95. The molecule has 1 aromatic rings. The number of rotatable bonds is 5. The summed E-state index contributed by atoms with van der Waals surface area (Å²) >= 11 is 0. The molecule has 2 aliphatic rings. The predicted molar refractivity (Wildman–Crippen MR) is 98.2 cm³/mol. The number of likely N-dealkylation sites (tertiary alicyclic amines) is 1. The largest absolute Gasteiger partial charge is 0.493 e. The fourth-order valence-electron chi connectivity index (χ4n) is 3.95. The molecule has 1 aliphatic carbocycles. The number of carbonyl (C=O) groups excluding carboxylic acids is 2. The normalized spacial score (nSPS) is 22.3. The third-order valence-corrected chi connectivity index (χ3v) is 5.29. The van der Waals surface area contributed by atoms with Gasteiger partial charge in [0.15, 0.2) is 18.1 Å². The minimum absolute atomic E-state index is 0.0124. The number of hydrogen-bond donors (Lipinski definition) is 1. The second-order valence-corrected chi connectivity index (χ2v) is 7.17. The minimum Gasteiger partial charge on any atom is -0.493 e. The summed E-state index contributed by atoms with van der Waals surface area (Å²) in [5.41, 5.74) is 5.90. The number of amides is 2. The molecule has 1 aliphatic heterocycles. The molecule has 26 heavy (non-hydrogen) atoms. The van der Waals surface area contributed by atoms with Gasteiger partial charge in [0.05, 0.1) is 7.11 Å². The lowest BCUT2D eigenvalue weighted by Gasteiger charge is -2.44. The van der Waals surface area contributed by atoms with Crippen molar-refractivity contribution in [3.05, 3.63) is 35.9 Å². The SMILES string of the molecule is COc1cc(C(=O)N2CCCC3(CC=CCC3)C2)ccc1OCC(N)=O. The fraction of sp³-hybridized carbons (Fsp3) is 0.500. The van der Waals surface area contributed by atoms with E-state index >= 15 is 0 Å². The number of nitrogens with zero attached hydrogens (tertiary/aromatic N) is 1. The lowest BCUT2D eigenvalue weighted by molar-refractivity contribution is -0.119. The van der Waals surface area contributed by atoms with E-state index in [1.165, 1.54) is 13.5 Å². The van der Waals surface area contributed by atoms with Gasteiger partial charge in [-0.3, -0.25) is 9.59 Å². The quantitative estimate of drug-likeness (QED) is 0.820. The Balaban J connectivity index is 1.74. The molecule has 1 saturated heterocycles. The van der Waals surface area contributed by atoms with Crippen LogP contribution in [0.1, 0.15) is 42.5 Å². The van der Waals surface area contributed by atoms with Crippen molar-refractivity contribution >= 4 is 11.8 Å². The summed E-state index contributed by atoms with van der Waals surface area (Å²) in [7, 11) is 1.50. The molecule has 1 fully saturated rings. The van der Waals surface area contributed by atoms with E-state index in [-0.39, 0.29) is 17.9 Å². The average Bonchev–Trinajstić information content (AvgIpc) is 2.66. The third-order valence-electron chi connectivity index (χ3n) is 5.29. The maximum Gasteiger partial charge on any atom is 0.255 e. The van der Waals surface area contributed by atoms with E-state index in [1.807, 2.05) is 4.90 Å². The maximum atomic E-state index is 13.0. The number of hydrogen-bond acceptors (Lipinski definition) is 4. The molecule has 2 amide bonds. The first-order chi connectivity index (χ1) is 12.5. The van der Waals surface area contributed by atoms with Gasteiger partial charge in [-0.05, 0) is 55.7 Å². The lowest BCUT2D eigenvalue weighted by atomic mass is 9.71. The van der Waals surface area contributed by atoms with Crippen LogP contribution in [-0.4, -0.2) is 43.5 Å². The molecule has 1 unspecified atom stereocenters. The summed E-state index contributed by atoms with van der Waals surface area (Å²) in [5, 5.41) is 0. The van der Waals surface area contributed by atoms with E-state index in [1.54, 1.807) is 18.2 Å². The van der Waals surface area contributed by atoms with Crippen molar-refractivity contribution in [1.29, 1.82) is 0 Å². The molecule has 0 radical (unpaired) electrons. The van der Waals surface area contributed by atoms with E-state index in [4.69, 9.17) is 15.2 Å². The van der Waals surface area contributed by atoms with E-state index < -0.39 is 5.91 Å². The van der Waals surface area contributed by atoms with Crippen molar-refractivity contribution in [3.8, 4) is 11.5 Å². The molecule has 1 aromatic carbocycles. The Kier molecular flexibility index (Phi) is 5.49. The molecular weight excluding hydrogens is 332 g/mol. The molecule has 0 bridgehead atoms. The molecule has 3 rings (SSSR count). The smallest absolute Gasteiger partial charge is 0.255 e. The van der Waals surface area contributed by atoms with Gasteiger partial charge in [0, 0.05) is 18.7 Å². The number of ether oxygens (including phenoxy) is 2.